The zero-order valence-electron chi connectivity index (χ0n) is 16.2. The third kappa shape index (κ3) is 3.13. The van der Waals surface area contributed by atoms with Crippen LogP contribution in [-0.2, 0) is 4.79 Å². The van der Waals surface area contributed by atoms with Crippen LogP contribution in [-0.4, -0.2) is 23.0 Å². The molecule has 0 aliphatic rings. The van der Waals surface area contributed by atoms with Crippen molar-refractivity contribution < 1.29 is 13.9 Å². The second kappa shape index (κ2) is 6.88. The van der Waals surface area contributed by atoms with E-state index in [1.807, 2.05) is 57.2 Å². The standard InChI is InChI=1S/C22H21N3O3/c1-12(9-21(26)25-22-23-17-7-5-6-8-18(17)24-22)15-10-16-13(2)14(3)28-20(16)11-19(15)27-4/h5-11H,1-4H3,(H2,23,24,25,26)/b12-9+. The second-order valence-electron chi connectivity index (χ2n) is 6.75. The van der Waals surface area contributed by atoms with Gasteiger partial charge < -0.3 is 14.1 Å². The number of anilines is 1. The van der Waals surface area contributed by atoms with Crippen LogP contribution in [0.1, 0.15) is 23.8 Å². The first kappa shape index (κ1) is 17.9. The summed E-state index contributed by atoms with van der Waals surface area (Å²) in [6.45, 7) is 5.83. The minimum Gasteiger partial charge on any atom is -0.496 e. The summed E-state index contributed by atoms with van der Waals surface area (Å²) in [5.74, 6) is 1.68. The number of imidazole rings is 1. The average Bonchev–Trinajstić information content (AvgIpc) is 3.20. The van der Waals surface area contributed by atoms with Crippen molar-refractivity contribution in [2.24, 2.45) is 0 Å². The molecule has 0 unspecified atom stereocenters. The summed E-state index contributed by atoms with van der Waals surface area (Å²) >= 11 is 0. The Morgan fingerprint density at radius 2 is 2.04 bits per heavy atom. The molecule has 4 aromatic rings. The van der Waals surface area contributed by atoms with E-state index in [2.05, 4.69) is 15.3 Å². The summed E-state index contributed by atoms with van der Waals surface area (Å²) in [6, 6.07) is 11.5. The van der Waals surface area contributed by atoms with Crippen LogP contribution < -0.4 is 10.1 Å². The number of para-hydroxylation sites is 2. The predicted octanol–water partition coefficient (Wildman–Crippen LogP) is 4.98. The molecule has 0 fully saturated rings. The Morgan fingerprint density at radius 1 is 1.25 bits per heavy atom. The van der Waals surface area contributed by atoms with Crippen LogP contribution in [0.4, 0.5) is 5.95 Å². The highest BCUT2D eigenvalue weighted by Gasteiger charge is 2.14. The Morgan fingerprint density at radius 3 is 2.79 bits per heavy atom. The van der Waals surface area contributed by atoms with Gasteiger partial charge in [-0.25, -0.2) is 4.98 Å². The molecule has 0 spiro atoms. The minimum absolute atomic E-state index is 0.265. The lowest BCUT2D eigenvalue weighted by molar-refractivity contribution is -0.111. The number of methoxy groups -OCH3 is 1. The van der Waals surface area contributed by atoms with Gasteiger partial charge >= 0.3 is 0 Å². The number of aryl methyl sites for hydroxylation is 2. The summed E-state index contributed by atoms with van der Waals surface area (Å²) in [7, 11) is 1.61. The highest BCUT2D eigenvalue weighted by atomic mass is 16.5. The number of aromatic amines is 1. The molecule has 2 aromatic heterocycles. The molecule has 0 saturated heterocycles. The van der Waals surface area contributed by atoms with E-state index in [1.54, 1.807) is 13.2 Å². The Kier molecular flexibility index (Phi) is 4.39. The molecule has 142 valence electrons. The zero-order chi connectivity index (χ0) is 19.8. The fourth-order valence-electron chi connectivity index (χ4n) is 3.29. The Labute approximate surface area is 162 Å². The number of nitrogens with one attached hydrogen (secondary N) is 2. The third-order valence-electron chi connectivity index (χ3n) is 4.90. The zero-order valence-corrected chi connectivity index (χ0v) is 16.2. The molecular weight excluding hydrogens is 354 g/mol. The molecule has 0 radical (unpaired) electrons. The van der Waals surface area contributed by atoms with Gasteiger partial charge in [-0.1, -0.05) is 12.1 Å². The van der Waals surface area contributed by atoms with E-state index in [9.17, 15) is 4.79 Å². The molecule has 0 saturated carbocycles. The third-order valence-corrected chi connectivity index (χ3v) is 4.90. The van der Waals surface area contributed by atoms with Crippen molar-refractivity contribution in [2.75, 3.05) is 12.4 Å². The van der Waals surface area contributed by atoms with Crippen molar-refractivity contribution in [2.45, 2.75) is 20.8 Å². The molecular formula is C22H21N3O3. The topological polar surface area (TPSA) is 80.2 Å². The van der Waals surface area contributed by atoms with Crippen LogP contribution in [0.25, 0.3) is 27.6 Å². The van der Waals surface area contributed by atoms with Crippen molar-refractivity contribution >= 4 is 39.4 Å². The van der Waals surface area contributed by atoms with Crippen molar-refractivity contribution in [1.29, 1.82) is 0 Å². The lowest BCUT2D eigenvalue weighted by Crippen LogP contribution is -2.09. The molecule has 2 N–H and O–H groups in total. The number of fused-ring (bicyclic) bond motifs is 2. The van der Waals surface area contributed by atoms with Crippen molar-refractivity contribution in [3.63, 3.8) is 0 Å². The number of nitrogens with zero attached hydrogens (tertiary/aromatic N) is 1. The van der Waals surface area contributed by atoms with Gasteiger partial charge in [0.2, 0.25) is 5.95 Å². The molecule has 2 heterocycles. The highest BCUT2D eigenvalue weighted by Crippen LogP contribution is 2.34. The van der Waals surface area contributed by atoms with Gasteiger partial charge in [0.1, 0.15) is 17.1 Å². The highest BCUT2D eigenvalue weighted by molar-refractivity contribution is 6.04. The monoisotopic (exact) mass is 375 g/mol. The fraction of sp³-hybridized carbons (Fsp3) is 0.182. The molecule has 0 aliphatic carbocycles. The smallest absolute Gasteiger partial charge is 0.250 e. The number of furan rings is 1. The molecule has 4 rings (SSSR count). The first-order chi connectivity index (χ1) is 13.5. The van der Waals surface area contributed by atoms with Crippen LogP contribution in [0.3, 0.4) is 0 Å². The van der Waals surface area contributed by atoms with Crippen molar-refractivity contribution in [3.05, 3.63) is 59.4 Å². The van der Waals surface area contributed by atoms with E-state index < -0.39 is 0 Å². The lowest BCUT2D eigenvalue weighted by Gasteiger charge is -2.09. The summed E-state index contributed by atoms with van der Waals surface area (Å²) in [5.41, 5.74) is 5.16. The number of amides is 1. The molecule has 0 bridgehead atoms. The van der Waals surface area contributed by atoms with E-state index in [0.29, 0.717) is 11.7 Å². The SMILES string of the molecule is COc1cc2oc(C)c(C)c2cc1/C(C)=C/C(=O)Nc1nc2ccccc2[nH]1. The number of carbonyl (C=O) groups is 1. The van der Waals surface area contributed by atoms with Crippen LogP contribution in [0.2, 0.25) is 0 Å². The van der Waals surface area contributed by atoms with Gasteiger partial charge in [-0.3, -0.25) is 10.1 Å². The van der Waals surface area contributed by atoms with Gasteiger partial charge in [-0.05, 0) is 50.1 Å². The number of carbonyl (C=O) groups excluding carboxylic acids is 1. The number of allylic oxidation sites excluding steroid dienone is 1. The Hall–Kier alpha value is -3.54. The van der Waals surface area contributed by atoms with Gasteiger partial charge in [0, 0.05) is 23.1 Å². The van der Waals surface area contributed by atoms with Crippen LogP contribution in [0.5, 0.6) is 5.75 Å². The number of aromatic nitrogens is 2. The van der Waals surface area contributed by atoms with Gasteiger partial charge in [0.05, 0.1) is 18.1 Å². The van der Waals surface area contributed by atoms with Crippen LogP contribution in [0.15, 0.2) is 46.9 Å². The summed E-state index contributed by atoms with van der Waals surface area (Å²) in [6.07, 6.45) is 1.54. The van der Waals surface area contributed by atoms with Crippen LogP contribution >= 0.6 is 0 Å². The molecule has 0 atom stereocenters. The van der Waals surface area contributed by atoms with E-state index >= 15 is 0 Å². The molecule has 0 aliphatic heterocycles. The van der Waals surface area contributed by atoms with Crippen molar-refractivity contribution in [1.82, 2.24) is 9.97 Å². The molecule has 6 nitrogen and oxygen atoms in total. The molecule has 1 amide bonds. The predicted molar refractivity (Wildman–Crippen MR) is 111 cm³/mol. The summed E-state index contributed by atoms with van der Waals surface area (Å²) in [4.78, 5) is 20.0. The molecule has 6 heteroatoms. The number of hydrogen-bond acceptors (Lipinski definition) is 4. The van der Waals surface area contributed by atoms with E-state index in [-0.39, 0.29) is 5.91 Å². The quantitative estimate of drug-likeness (QED) is 0.493. The molecule has 28 heavy (non-hydrogen) atoms. The van der Waals surface area contributed by atoms with Gasteiger partial charge in [0.25, 0.3) is 5.91 Å². The van der Waals surface area contributed by atoms with E-state index in [1.165, 1.54) is 0 Å². The number of ether oxygens (including phenoxy) is 1. The maximum absolute atomic E-state index is 12.5. The summed E-state index contributed by atoms with van der Waals surface area (Å²) in [5, 5.41) is 3.79. The van der Waals surface area contributed by atoms with Gasteiger partial charge in [-0.15, -0.1) is 0 Å². The minimum atomic E-state index is -0.265. The Balaban J connectivity index is 1.65. The Bertz CT molecular complexity index is 1200. The first-order valence-electron chi connectivity index (χ1n) is 8.98. The van der Waals surface area contributed by atoms with E-state index in [4.69, 9.17) is 9.15 Å². The van der Waals surface area contributed by atoms with E-state index in [0.717, 1.165) is 44.5 Å². The average molecular weight is 375 g/mol. The number of rotatable bonds is 4. The number of benzene rings is 2. The first-order valence-corrected chi connectivity index (χ1v) is 8.98. The second-order valence-corrected chi connectivity index (χ2v) is 6.75. The normalized spacial score (nSPS) is 11.9. The summed E-state index contributed by atoms with van der Waals surface area (Å²) < 4.78 is 11.3. The maximum atomic E-state index is 12.5. The number of hydrogen-bond donors (Lipinski definition) is 2. The lowest BCUT2D eigenvalue weighted by atomic mass is 10.0. The maximum Gasteiger partial charge on any atom is 0.250 e. The van der Waals surface area contributed by atoms with Crippen molar-refractivity contribution in [3.8, 4) is 5.75 Å². The largest absolute Gasteiger partial charge is 0.496 e. The number of H-pyrrole nitrogens is 1. The van der Waals surface area contributed by atoms with Crippen LogP contribution in [0, 0.1) is 13.8 Å². The fourth-order valence-corrected chi connectivity index (χ4v) is 3.29. The van der Waals surface area contributed by atoms with Gasteiger partial charge in [-0.2, -0.15) is 0 Å². The molecule has 2 aromatic carbocycles. The van der Waals surface area contributed by atoms with Gasteiger partial charge in [0.15, 0.2) is 0 Å².